The number of phenolic OH excluding ortho intramolecular Hbond substituents is 1. The van der Waals surface area contributed by atoms with Gasteiger partial charge in [0.25, 0.3) is 0 Å². The zero-order valence-electron chi connectivity index (χ0n) is 7.33. The number of aromatic hydroxyl groups is 1. The molecule has 1 aromatic carbocycles. The van der Waals surface area contributed by atoms with Crippen LogP contribution in [-0.4, -0.2) is 17.1 Å². The molecule has 0 saturated heterocycles. The number of hydrogen-bond acceptors (Lipinski definition) is 3. The standard InChI is InChI=1S/C10H10O2S/c1-13-8-5-3-6-2-4-7(11)9(6)10(8)12/h3,5,12H,2,4H2,1H3. The summed E-state index contributed by atoms with van der Waals surface area (Å²) in [5.41, 5.74) is 1.53. The van der Waals surface area contributed by atoms with E-state index in [2.05, 4.69) is 0 Å². The molecule has 0 atom stereocenters. The van der Waals surface area contributed by atoms with E-state index in [9.17, 15) is 9.90 Å². The van der Waals surface area contributed by atoms with Crippen molar-refractivity contribution in [3.05, 3.63) is 23.3 Å². The Hall–Kier alpha value is -0.960. The molecule has 1 N–H and O–H groups in total. The van der Waals surface area contributed by atoms with Crippen LogP contribution in [0.3, 0.4) is 0 Å². The van der Waals surface area contributed by atoms with Gasteiger partial charge in [0.15, 0.2) is 5.78 Å². The van der Waals surface area contributed by atoms with Gasteiger partial charge in [-0.3, -0.25) is 4.79 Å². The Morgan fingerprint density at radius 2 is 2.15 bits per heavy atom. The maximum absolute atomic E-state index is 11.4. The second kappa shape index (κ2) is 3.07. The Morgan fingerprint density at radius 3 is 2.85 bits per heavy atom. The maximum Gasteiger partial charge on any atom is 0.167 e. The van der Waals surface area contributed by atoms with Gasteiger partial charge in [0, 0.05) is 11.3 Å². The second-order valence-electron chi connectivity index (χ2n) is 3.07. The van der Waals surface area contributed by atoms with Gasteiger partial charge in [-0.2, -0.15) is 0 Å². The van der Waals surface area contributed by atoms with Crippen LogP contribution in [0.15, 0.2) is 17.0 Å². The van der Waals surface area contributed by atoms with E-state index in [1.807, 2.05) is 18.4 Å². The van der Waals surface area contributed by atoms with E-state index in [4.69, 9.17) is 0 Å². The number of rotatable bonds is 1. The smallest absolute Gasteiger partial charge is 0.167 e. The van der Waals surface area contributed by atoms with Gasteiger partial charge in [0.1, 0.15) is 5.75 Å². The summed E-state index contributed by atoms with van der Waals surface area (Å²) in [5.74, 6) is 0.246. The van der Waals surface area contributed by atoms with E-state index in [-0.39, 0.29) is 11.5 Å². The molecule has 0 aliphatic heterocycles. The van der Waals surface area contributed by atoms with Crippen LogP contribution in [0.5, 0.6) is 5.75 Å². The zero-order valence-corrected chi connectivity index (χ0v) is 8.15. The maximum atomic E-state index is 11.4. The van der Waals surface area contributed by atoms with Gasteiger partial charge in [0.05, 0.1) is 5.56 Å². The third-order valence-corrected chi connectivity index (χ3v) is 3.12. The molecule has 13 heavy (non-hydrogen) atoms. The highest BCUT2D eigenvalue weighted by Gasteiger charge is 2.24. The number of ketones is 1. The fraction of sp³-hybridized carbons (Fsp3) is 0.300. The summed E-state index contributed by atoms with van der Waals surface area (Å²) in [6, 6.07) is 3.81. The molecule has 0 radical (unpaired) electrons. The van der Waals surface area contributed by atoms with Crippen molar-refractivity contribution in [2.75, 3.05) is 6.26 Å². The lowest BCUT2D eigenvalue weighted by Crippen LogP contribution is -1.92. The van der Waals surface area contributed by atoms with E-state index in [1.54, 1.807) is 0 Å². The summed E-state index contributed by atoms with van der Waals surface area (Å²) in [6.45, 7) is 0. The predicted molar refractivity (Wildman–Crippen MR) is 52.5 cm³/mol. The normalized spacial score (nSPS) is 14.7. The van der Waals surface area contributed by atoms with E-state index < -0.39 is 0 Å². The highest BCUT2D eigenvalue weighted by atomic mass is 32.2. The predicted octanol–water partition coefficient (Wildman–Crippen LogP) is 2.24. The molecular weight excluding hydrogens is 184 g/mol. The van der Waals surface area contributed by atoms with Gasteiger partial charge in [-0.1, -0.05) is 6.07 Å². The number of carbonyl (C=O) groups is 1. The molecule has 1 aromatic rings. The van der Waals surface area contributed by atoms with Crippen molar-refractivity contribution < 1.29 is 9.90 Å². The minimum Gasteiger partial charge on any atom is -0.506 e. The molecule has 2 rings (SSSR count). The topological polar surface area (TPSA) is 37.3 Å². The Bertz CT molecular complexity index is 371. The number of phenols is 1. The number of carbonyl (C=O) groups excluding carboxylic acids is 1. The molecule has 0 amide bonds. The average molecular weight is 194 g/mol. The van der Waals surface area contributed by atoms with Crippen molar-refractivity contribution in [3.8, 4) is 5.75 Å². The number of fused-ring (bicyclic) bond motifs is 1. The number of benzene rings is 1. The van der Waals surface area contributed by atoms with Gasteiger partial charge >= 0.3 is 0 Å². The fourth-order valence-corrected chi connectivity index (χ4v) is 2.17. The van der Waals surface area contributed by atoms with E-state index in [0.29, 0.717) is 12.0 Å². The molecule has 0 heterocycles. The molecule has 1 aliphatic rings. The SMILES string of the molecule is CSc1ccc2c(c1O)C(=O)CC2. The van der Waals surface area contributed by atoms with Crippen LogP contribution in [-0.2, 0) is 6.42 Å². The number of hydrogen-bond donors (Lipinski definition) is 1. The summed E-state index contributed by atoms with van der Waals surface area (Å²) in [5, 5.41) is 9.74. The monoisotopic (exact) mass is 194 g/mol. The quantitative estimate of drug-likeness (QED) is 0.697. The lowest BCUT2D eigenvalue weighted by molar-refractivity contribution is 0.0992. The first-order valence-electron chi connectivity index (χ1n) is 4.16. The third-order valence-electron chi connectivity index (χ3n) is 2.35. The van der Waals surface area contributed by atoms with Crippen LogP contribution in [0, 0.1) is 0 Å². The molecule has 68 valence electrons. The molecule has 2 nitrogen and oxygen atoms in total. The van der Waals surface area contributed by atoms with Crippen LogP contribution in [0.2, 0.25) is 0 Å². The third kappa shape index (κ3) is 1.23. The largest absolute Gasteiger partial charge is 0.506 e. The first-order valence-corrected chi connectivity index (χ1v) is 5.38. The van der Waals surface area contributed by atoms with E-state index in [0.717, 1.165) is 16.9 Å². The highest BCUT2D eigenvalue weighted by Crippen LogP contribution is 2.36. The lowest BCUT2D eigenvalue weighted by atomic mass is 10.1. The average Bonchev–Trinajstić information content (AvgIpc) is 2.49. The Kier molecular flexibility index (Phi) is 2.04. The minimum atomic E-state index is 0.0726. The van der Waals surface area contributed by atoms with Crippen LogP contribution in [0.4, 0.5) is 0 Å². The molecule has 1 aliphatic carbocycles. The van der Waals surface area contributed by atoms with Crippen LogP contribution < -0.4 is 0 Å². The van der Waals surface area contributed by atoms with E-state index in [1.165, 1.54) is 11.8 Å². The van der Waals surface area contributed by atoms with Gasteiger partial charge in [0.2, 0.25) is 0 Å². The molecule has 0 aromatic heterocycles. The molecule has 0 fully saturated rings. The zero-order chi connectivity index (χ0) is 9.42. The van der Waals surface area contributed by atoms with Crippen molar-refractivity contribution in [2.24, 2.45) is 0 Å². The Balaban J connectivity index is 2.63. The highest BCUT2D eigenvalue weighted by molar-refractivity contribution is 7.98. The summed E-state index contributed by atoms with van der Waals surface area (Å²) in [4.78, 5) is 12.2. The van der Waals surface area contributed by atoms with Gasteiger partial charge < -0.3 is 5.11 Å². The summed E-state index contributed by atoms with van der Waals surface area (Å²) in [7, 11) is 0. The first-order chi connectivity index (χ1) is 6.24. The number of thioether (sulfide) groups is 1. The van der Waals surface area contributed by atoms with Gasteiger partial charge in [-0.05, 0) is 24.3 Å². The summed E-state index contributed by atoms with van der Waals surface area (Å²) < 4.78 is 0. The molecule has 0 saturated carbocycles. The molecular formula is C10H10O2S. The number of aryl methyl sites for hydroxylation is 1. The van der Waals surface area contributed by atoms with Crippen LogP contribution in [0.25, 0.3) is 0 Å². The lowest BCUT2D eigenvalue weighted by Gasteiger charge is -2.05. The van der Waals surface area contributed by atoms with Crippen LogP contribution >= 0.6 is 11.8 Å². The second-order valence-corrected chi connectivity index (χ2v) is 3.92. The Labute approximate surface area is 81.0 Å². The van der Waals surface area contributed by atoms with Crippen LogP contribution in [0.1, 0.15) is 22.3 Å². The van der Waals surface area contributed by atoms with Crippen molar-refractivity contribution in [1.82, 2.24) is 0 Å². The first kappa shape index (κ1) is 8.63. The van der Waals surface area contributed by atoms with Crippen molar-refractivity contribution >= 4 is 17.5 Å². The minimum absolute atomic E-state index is 0.0726. The van der Waals surface area contributed by atoms with Gasteiger partial charge in [-0.25, -0.2) is 0 Å². The Morgan fingerprint density at radius 1 is 1.38 bits per heavy atom. The van der Waals surface area contributed by atoms with Crippen molar-refractivity contribution in [1.29, 1.82) is 0 Å². The number of Topliss-reactive ketones (excluding diaryl/α,β-unsaturated/α-hetero) is 1. The molecule has 3 heteroatoms. The van der Waals surface area contributed by atoms with Crippen molar-refractivity contribution in [3.63, 3.8) is 0 Å². The molecule has 0 bridgehead atoms. The van der Waals surface area contributed by atoms with Gasteiger partial charge in [-0.15, -0.1) is 11.8 Å². The fourth-order valence-electron chi connectivity index (χ4n) is 1.67. The van der Waals surface area contributed by atoms with E-state index >= 15 is 0 Å². The summed E-state index contributed by atoms with van der Waals surface area (Å²) >= 11 is 1.46. The molecule has 0 spiro atoms. The molecule has 0 unspecified atom stereocenters. The summed E-state index contributed by atoms with van der Waals surface area (Å²) in [6.07, 6.45) is 3.21. The van der Waals surface area contributed by atoms with Crippen molar-refractivity contribution in [2.45, 2.75) is 17.7 Å².